The highest BCUT2D eigenvalue weighted by atomic mass is 32.2. The van der Waals surface area contributed by atoms with Crippen LogP contribution in [0, 0.1) is 0 Å². The molecule has 0 aromatic heterocycles. The molecule has 2 N–H and O–H groups in total. The van der Waals surface area contributed by atoms with Crippen LogP contribution in [0.4, 0.5) is 0 Å². The topological polar surface area (TPSA) is 73.8 Å². The molecule has 0 fully saturated rings. The highest BCUT2D eigenvalue weighted by molar-refractivity contribution is 7.89. The van der Waals surface area contributed by atoms with E-state index in [1.807, 2.05) is 6.92 Å². The van der Waals surface area contributed by atoms with Gasteiger partial charge in [-0.2, -0.15) is 0 Å². The molecule has 0 heterocycles. The third kappa shape index (κ3) is 10.5. The molecule has 0 spiro atoms. The molecule has 0 aromatic rings. The molecular weight excluding hydrogens is 312 g/mol. The fourth-order valence-corrected chi connectivity index (χ4v) is 3.02. The lowest BCUT2D eigenvalue weighted by atomic mass is 10.1. The molecule has 0 amide bonds. The number of rotatable bonds is 12. The minimum atomic E-state index is -3.09. The van der Waals surface area contributed by atoms with E-state index in [0.717, 1.165) is 25.3 Å². The molecular formula is C16H36N4O2S. The maximum Gasteiger partial charge on any atom is 0.213 e. The molecule has 0 aliphatic heterocycles. The van der Waals surface area contributed by atoms with Crippen molar-refractivity contribution in [3.05, 3.63) is 0 Å². The van der Waals surface area contributed by atoms with Crippen LogP contribution in [0.1, 0.15) is 59.8 Å². The zero-order valence-electron chi connectivity index (χ0n) is 15.6. The summed E-state index contributed by atoms with van der Waals surface area (Å²) in [6, 6.07) is 0.391. The SMILES string of the molecule is CCCCCC(C)NC(=NCCCN(C)S(=O)(=O)CC)NCC. The Kier molecular flexibility index (Phi) is 12.1. The van der Waals surface area contributed by atoms with Gasteiger partial charge in [-0.15, -0.1) is 0 Å². The lowest BCUT2D eigenvalue weighted by molar-refractivity contribution is 0.464. The standard InChI is InChI=1S/C16H36N4O2S/c1-6-9-10-12-15(4)19-16(17-7-2)18-13-11-14-20(5)23(21,22)8-3/h15H,6-14H2,1-5H3,(H2,17,18,19). The molecule has 0 aromatic carbocycles. The number of unbranched alkanes of at least 4 members (excludes halogenated alkanes) is 2. The molecule has 0 bridgehead atoms. The lowest BCUT2D eigenvalue weighted by Crippen LogP contribution is -2.42. The molecule has 1 unspecified atom stereocenters. The molecule has 0 saturated heterocycles. The van der Waals surface area contributed by atoms with Crippen LogP contribution in [0.2, 0.25) is 0 Å². The minimum absolute atomic E-state index is 0.145. The van der Waals surface area contributed by atoms with Crippen molar-refractivity contribution in [2.45, 2.75) is 65.8 Å². The van der Waals surface area contributed by atoms with E-state index in [4.69, 9.17) is 0 Å². The third-order valence-corrected chi connectivity index (χ3v) is 5.57. The largest absolute Gasteiger partial charge is 0.357 e. The zero-order chi connectivity index (χ0) is 17.7. The van der Waals surface area contributed by atoms with E-state index < -0.39 is 10.0 Å². The van der Waals surface area contributed by atoms with Gasteiger partial charge in [0, 0.05) is 32.7 Å². The Labute approximate surface area is 143 Å². The van der Waals surface area contributed by atoms with Gasteiger partial charge in [-0.3, -0.25) is 4.99 Å². The van der Waals surface area contributed by atoms with Gasteiger partial charge in [0.1, 0.15) is 0 Å². The van der Waals surface area contributed by atoms with Gasteiger partial charge in [-0.05, 0) is 33.6 Å². The molecule has 0 rings (SSSR count). The highest BCUT2D eigenvalue weighted by Crippen LogP contribution is 2.03. The predicted molar refractivity (Wildman–Crippen MR) is 99.4 cm³/mol. The summed E-state index contributed by atoms with van der Waals surface area (Å²) < 4.78 is 24.7. The molecule has 0 aliphatic rings. The van der Waals surface area contributed by atoms with E-state index in [1.54, 1.807) is 14.0 Å². The lowest BCUT2D eigenvalue weighted by Gasteiger charge is -2.18. The van der Waals surface area contributed by atoms with E-state index in [2.05, 4.69) is 29.5 Å². The van der Waals surface area contributed by atoms with E-state index in [-0.39, 0.29) is 5.75 Å². The first-order chi connectivity index (χ1) is 10.9. The molecule has 0 saturated carbocycles. The Balaban J connectivity index is 4.25. The number of aliphatic imine (C=N–C) groups is 1. The average Bonchev–Trinajstić information content (AvgIpc) is 2.51. The van der Waals surface area contributed by atoms with Gasteiger partial charge in [-0.1, -0.05) is 26.2 Å². The van der Waals surface area contributed by atoms with Crippen molar-refractivity contribution in [2.24, 2.45) is 4.99 Å². The normalized spacial score (nSPS) is 14.1. The Morgan fingerprint density at radius 2 is 1.87 bits per heavy atom. The van der Waals surface area contributed by atoms with Crippen LogP contribution in [0.25, 0.3) is 0 Å². The van der Waals surface area contributed by atoms with Crippen molar-refractivity contribution in [1.82, 2.24) is 14.9 Å². The summed E-state index contributed by atoms with van der Waals surface area (Å²) in [6.07, 6.45) is 5.57. The summed E-state index contributed by atoms with van der Waals surface area (Å²) in [5, 5.41) is 6.65. The van der Waals surface area contributed by atoms with Crippen LogP contribution in [0.5, 0.6) is 0 Å². The van der Waals surface area contributed by atoms with Gasteiger partial charge < -0.3 is 10.6 Å². The Hall–Kier alpha value is -0.820. The van der Waals surface area contributed by atoms with Crippen LogP contribution in [-0.4, -0.2) is 57.2 Å². The van der Waals surface area contributed by atoms with E-state index >= 15 is 0 Å². The summed E-state index contributed by atoms with van der Waals surface area (Å²) in [4.78, 5) is 4.53. The van der Waals surface area contributed by atoms with Gasteiger partial charge in [0.15, 0.2) is 5.96 Å². The van der Waals surface area contributed by atoms with Gasteiger partial charge >= 0.3 is 0 Å². The summed E-state index contributed by atoms with van der Waals surface area (Å²) in [7, 11) is -1.46. The predicted octanol–water partition coefficient (Wildman–Crippen LogP) is 2.18. The van der Waals surface area contributed by atoms with Gasteiger partial charge in [0.2, 0.25) is 10.0 Å². The summed E-state index contributed by atoms with van der Waals surface area (Å²) >= 11 is 0. The monoisotopic (exact) mass is 348 g/mol. The second-order valence-electron chi connectivity index (χ2n) is 5.88. The van der Waals surface area contributed by atoms with Gasteiger partial charge in [0.25, 0.3) is 0 Å². The van der Waals surface area contributed by atoms with E-state index in [0.29, 0.717) is 19.1 Å². The first-order valence-electron chi connectivity index (χ1n) is 8.86. The third-order valence-electron chi connectivity index (χ3n) is 3.71. The number of nitrogens with zero attached hydrogens (tertiary/aromatic N) is 2. The fourth-order valence-electron chi connectivity index (χ4n) is 2.17. The molecule has 7 heteroatoms. The Morgan fingerprint density at radius 1 is 1.17 bits per heavy atom. The second kappa shape index (κ2) is 12.6. The smallest absolute Gasteiger partial charge is 0.213 e. The van der Waals surface area contributed by atoms with Crippen LogP contribution >= 0.6 is 0 Å². The van der Waals surface area contributed by atoms with Crippen LogP contribution in [-0.2, 0) is 10.0 Å². The molecule has 23 heavy (non-hydrogen) atoms. The Bertz CT molecular complexity index is 424. The van der Waals surface area contributed by atoms with E-state index in [9.17, 15) is 8.42 Å². The number of hydrogen-bond donors (Lipinski definition) is 2. The van der Waals surface area contributed by atoms with Gasteiger partial charge in [-0.25, -0.2) is 12.7 Å². The van der Waals surface area contributed by atoms with Crippen molar-refractivity contribution in [2.75, 3.05) is 32.4 Å². The van der Waals surface area contributed by atoms with Crippen molar-refractivity contribution < 1.29 is 8.42 Å². The number of sulfonamides is 1. The molecule has 138 valence electrons. The zero-order valence-corrected chi connectivity index (χ0v) is 16.4. The fraction of sp³-hybridized carbons (Fsp3) is 0.938. The first kappa shape index (κ1) is 22.2. The quantitative estimate of drug-likeness (QED) is 0.322. The van der Waals surface area contributed by atoms with E-state index in [1.165, 1.54) is 23.6 Å². The maximum atomic E-state index is 11.7. The van der Waals surface area contributed by atoms with Crippen molar-refractivity contribution in [3.63, 3.8) is 0 Å². The molecule has 0 aliphatic carbocycles. The minimum Gasteiger partial charge on any atom is -0.357 e. The van der Waals surface area contributed by atoms with Crippen molar-refractivity contribution in [1.29, 1.82) is 0 Å². The molecule has 6 nitrogen and oxygen atoms in total. The summed E-state index contributed by atoms with van der Waals surface area (Å²) in [5.41, 5.74) is 0. The molecule has 1 atom stereocenters. The van der Waals surface area contributed by atoms with Crippen LogP contribution < -0.4 is 10.6 Å². The maximum absolute atomic E-state index is 11.7. The van der Waals surface area contributed by atoms with Gasteiger partial charge in [0.05, 0.1) is 5.75 Å². The Morgan fingerprint density at radius 3 is 2.43 bits per heavy atom. The summed E-state index contributed by atoms with van der Waals surface area (Å²) in [5.74, 6) is 0.962. The average molecular weight is 349 g/mol. The summed E-state index contributed by atoms with van der Waals surface area (Å²) in [6.45, 7) is 10.0. The second-order valence-corrected chi connectivity index (χ2v) is 8.24. The van der Waals surface area contributed by atoms with Crippen molar-refractivity contribution >= 4 is 16.0 Å². The first-order valence-corrected chi connectivity index (χ1v) is 10.5. The van der Waals surface area contributed by atoms with Crippen LogP contribution in [0.15, 0.2) is 4.99 Å². The number of nitrogens with one attached hydrogen (secondary N) is 2. The van der Waals surface area contributed by atoms with Crippen molar-refractivity contribution in [3.8, 4) is 0 Å². The number of hydrogen-bond acceptors (Lipinski definition) is 3. The highest BCUT2D eigenvalue weighted by Gasteiger charge is 2.13. The number of guanidine groups is 1. The van der Waals surface area contributed by atoms with Crippen LogP contribution in [0.3, 0.4) is 0 Å². The molecule has 0 radical (unpaired) electrons.